The molecule has 2 unspecified atom stereocenters. The van der Waals surface area contributed by atoms with Crippen LogP contribution in [0.25, 0.3) is 0 Å². The summed E-state index contributed by atoms with van der Waals surface area (Å²) in [5.41, 5.74) is 1.01. The van der Waals surface area contributed by atoms with E-state index < -0.39 is 5.97 Å². The van der Waals surface area contributed by atoms with Gasteiger partial charge in [0.05, 0.1) is 5.92 Å². The van der Waals surface area contributed by atoms with Gasteiger partial charge < -0.3 is 10.4 Å². The molecule has 15 heavy (non-hydrogen) atoms. The highest BCUT2D eigenvalue weighted by molar-refractivity contribution is 5.71. The molecule has 2 rings (SSSR count). The Morgan fingerprint density at radius 1 is 1.47 bits per heavy atom. The molecule has 0 amide bonds. The molecule has 1 aromatic rings. The minimum Gasteiger partial charge on any atom is -0.481 e. The Kier molecular flexibility index (Phi) is 2.97. The fourth-order valence-corrected chi connectivity index (χ4v) is 2.08. The van der Waals surface area contributed by atoms with Gasteiger partial charge in [0.15, 0.2) is 0 Å². The third-order valence-electron chi connectivity index (χ3n) is 2.84. The Hall–Kier alpha value is -1.42. The number of piperidine rings is 1. The first-order valence-electron chi connectivity index (χ1n) is 5.15. The van der Waals surface area contributed by atoms with Gasteiger partial charge in [-0.2, -0.15) is 0 Å². The van der Waals surface area contributed by atoms with Crippen molar-refractivity contribution in [3.63, 3.8) is 0 Å². The quantitative estimate of drug-likeness (QED) is 0.763. The van der Waals surface area contributed by atoms with E-state index in [0.29, 0.717) is 0 Å². The Balaban J connectivity index is 2.22. The molecule has 1 saturated heterocycles. The second-order valence-electron chi connectivity index (χ2n) is 3.80. The molecule has 2 heterocycles. The minimum absolute atomic E-state index is 0.0701. The molecule has 1 aromatic heterocycles. The van der Waals surface area contributed by atoms with Gasteiger partial charge in [0.2, 0.25) is 0 Å². The van der Waals surface area contributed by atoms with Crippen molar-refractivity contribution in [3.05, 3.63) is 30.1 Å². The van der Waals surface area contributed by atoms with Gasteiger partial charge in [-0.1, -0.05) is 0 Å². The van der Waals surface area contributed by atoms with Crippen LogP contribution in [0.5, 0.6) is 0 Å². The van der Waals surface area contributed by atoms with Crippen molar-refractivity contribution in [2.45, 2.75) is 18.9 Å². The first-order valence-corrected chi connectivity index (χ1v) is 5.15. The Morgan fingerprint density at radius 2 is 2.20 bits per heavy atom. The molecule has 4 heteroatoms. The number of pyridine rings is 1. The van der Waals surface area contributed by atoms with Crippen molar-refractivity contribution >= 4 is 5.97 Å². The van der Waals surface area contributed by atoms with Crippen molar-refractivity contribution < 1.29 is 9.90 Å². The third-order valence-corrected chi connectivity index (χ3v) is 2.84. The van der Waals surface area contributed by atoms with Crippen LogP contribution in [0.3, 0.4) is 0 Å². The van der Waals surface area contributed by atoms with Gasteiger partial charge in [0.25, 0.3) is 0 Å². The zero-order valence-corrected chi connectivity index (χ0v) is 8.39. The zero-order valence-electron chi connectivity index (χ0n) is 8.39. The Bertz CT molecular complexity index is 340. The summed E-state index contributed by atoms with van der Waals surface area (Å²) >= 11 is 0. The van der Waals surface area contributed by atoms with Gasteiger partial charge in [-0.15, -0.1) is 0 Å². The molecular formula is C11H14N2O2. The highest BCUT2D eigenvalue weighted by atomic mass is 16.4. The molecule has 1 aliphatic rings. The molecule has 1 fully saturated rings. The predicted molar refractivity (Wildman–Crippen MR) is 55.3 cm³/mol. The number of nitrogens with zero attached hydrogens (tertiary/aromatic N) is 1. The van der Waals surface area contributed by atoms with E-state index in [1.807, 2.05) is 12.1 Å². The maximum absolute atomic E-state index is 11.1. The van der Waals surface area contributed by atoms with E-state index in [1.54, 1.807) is 12.4 Å². The lowest BCUT2D eigenvalue weighted by atomic mass is 9.87. The van der Waals surface area contributed by atoms with Crippen LogP contribution in [0.4, 0.5) is 0 Å². The van der Waals surface area contributed by atoms with Crippen LogP contribution in [0, 0.1) is 5.92 Å². The van der Waals surface area contributed by atoms with E-state index in [9.17, 15) is 4.79 Å². The largest absolute Gasteiger partial charge is 0.481 e. The number of carbonyl (C=O) groups is 1. The SMILES string of the molecule is O=C(O)C1CCCNC1c1ccncc1. The van der Waals surface area contributed by atoms with Gasteiger partial charge in [0, 0.05) is 18.4 Å². The van der Waals surface area contributed by atoms with E-state index in [-0.39, 0.29) is 12.0 Å². The van der Waals surface area contributed by atoms with Crippen molar-refractivity contribution in [2.75, 3.05) is 6.54 Å². The van der Waals surface area contributed by atoms with Crippen LogP contribution in [-0.4, -0.2) is 22.6 Å². The van der Waals surface area contributed by atoms with Crippen LogP contribution < -0.4 is 5.32 Å². The lowest BCUT2D eigenvalue weighted by Gasteiger charge is -2.30. The number of carboxylic acids is 1. The topological polar surface area (TPSA) is 62.2 Å². The van der Waals surface area contributed by atoms with E-state index in [4.69, 9.17) is 5.11 Å². The van der Waals surface area contributed by atoms with Gasteiger partial charge in [-0.3, -0.25) is 9.78 Å². The zero-order chi connectivity index (χ0) is 10.7. The fourth-order valence-electron chi connectivity index (χ4n) is 2.08. The number of aliphatic carboxylic acids is 1. The molecule has 0 radical (unpaired) electrons. The molecule has 4 nitrogen and oxygen atoms in total. The van der Waals surface area contributed by atoms with Gasteiger partial charge in [-0.25, -0.2) is 0 Å². The molecule has 0 spiro atoms. The number of hydrogen-bond acceptors (Lipinski definition) is 3. The third kappa shape index (κ3) is 2.15. The van der Waals surface area contributed by atoms with Crippen LogP contribution in [0.2, 0.25) is 0 Å². The molecule has 1 aliphatic heterocycles. The second-order valence-corrected chi connectivity index (χ2v) is 3.80. The van der Waals surface area contributed by atoms with E-state index in [1.165, 1.54) is 0 Å². The maximum atomic E-state index is 11.1. The highest BCUT2D eigenvalue weighted by Gasteiger charge is 2.31. The Labute approximate surface area is 88.3 Å². The van der Waals surface area contributed by atoms with Gasteiger partial charge in [0.1, 0.15) is 0 Å². The molecular weight excluding hydrogens is 192 g/mol. The van der Waals surface area contributed by atoms with Gasteiger partial charge in [-0.05, 0) is 37.1 Å². The molecule has 0 aliphatic carbocycles. The summed E-state index contributed by atoms with van der Waals surface area (Å²) in [5, 5.41) is 12.4. The summed E-state index contributed by atoms with van der Waals surface area (Å²) in [4.78, 5) is 15.0. The fraction of sp³-hybridized carbons (Fsp3) is 0.455. The first-order chi connectivity index (χ1) is 7.29. The lowest BCUT2D eigenvalue weighted by molar-refractivity contribution is -0.143. The number of aromatic nitrogens is 1. The normalized spacial score (nSPS) is 26.1. The molecule has 80 valence electrons. The number of hydrogen-bond donors (Lipinski definition) is 2. The summed E-state index contributed by atoms with van der Waals surface area (Å²) in [6.45, 7) is 0.886. The Morgan fingerprint density at radius 3 is 2.87 bits per heavy atom. The van der Waals surface area contributed by atoms with Crippen molar-refractivity contribution in [2.24, 2.45) is 5.92 Å². The molecule has 0 saturated carbocycles. The summed E-state index contributed by atoms with van der Waals surface area (Å²) < 4.78 is 0. The molecule has 0 aromatic carbocycles. The monoisotopic (exact) mass is 206 g/mol. The van der Waals surface area contributed by atoms with Crippen molar-refractivity contribution in [1.29, 1.82) is 0 Å². The van der Waals surface area contributed by atoms with Crippen LogP contribution >= 0.6 is 0 Å². The lowest BCUT2D eigenvalue weighted by Crippen LogP contribution is -2.38. The smallest absolute Gasteiger partial charge is 0.308 e. The van der Waals surface area contributed by atoms with E-state index in [0.717, 1.165) is 24.9 Å². The number of carboxylic acid groups (broad SMARTS) is 1. The van der Waals surface area contributed by atoms with Crippen LogP contribution in [-0.2, 0) is 4.79 Å². The molecule has 0 bridgehead atoms. The number of nitrogens with one attached hydrogen (secondary N) is 1. The van der Waals surface area contributed by atoms with Crippen molar-refractivity contribution in [3.8, 4) is 0 Å². The van der Waals surface area contributed by atoms with E-state index >= 15 is 0 Å². The van der Waals surface area contributed by atoms with E-state index in [2.05, 4.69) is 10.3 Å². The minimum atomic E-state index is -0.719. The highest BCUT2D eigenvalue weighted by Crippen LogP contribution is 2.28. The predicted octanol–water partition coefficient (Wildman–Crippen LogP) is 1.21. The summed E-state index contributed by atoms with van der Waals surface area (Å²) in [6, 6.07) is 3.68. The summed E-state index contributed by atoms with van der Waals surface area (Å²) in [5.74, 6) is -1.04. The van der Waals surface area contributed by atoms with Crippen LogP contribution in [0.15, 0.2) is 24.5 Å². The summed E-state index contributed by atoms with van der Waals surface area (Å²) in [7, 11) is 0. The average Bonchev–Trinajstić information content (AvgIpc) is 2.30. The second kappa shape index (κ2) is 4.40. The van der Waals surface area contributed by atoms with Crippen molar-refractivity contribution in [1.82, 2.24) is 10.3 Å². The number of rotatable bonds is 2. The molecule has 2 N–H and O–H groups in total. The summed E-state index contributed by atoms with van der Waals surface area (Å²) in [6.07, 6.45) is 5.07. The first kappa shape index (κ1) is 10.1. The molecule has 2 atom stereocenters. The van der Waals surface area contributed by atoms with Crippen LogP contribution in [0.1, 0.15) is 24.4 Å². The average molecular weight is 206 g/mol. The standard InChI is InChI=1S/C11H14N2O2/c14-11(15)9-2-1-5-13-10(9)8-3-6-12-7-4-8/h3-4,6-7,9-10,13H,1-2,5H2,(H,14,15). The maximum Gasteiger partial charge on any atom is 0.308 e. The van der Waals surface area contributed by atoms with Gasteiger partial charge >= 0.3 is 5.97 Å².